The minimum atomic E-state index is 0.699. The fourth-order valence-electron chi connectivity index (χ4n) is 1.89. The molecule has 0 saturated heterocycles. The van der Waals surface area contributed by atoms with Gasteiger partial charge in [-0.2, -0.15) is 0 Å². The Bertz CT molecular complexity index is 365. The number of nitrogens with one attached hydrogen (secondary N) is 1. The molecule has 0 spiro atoms. The third-order valence-corrected chi connectivity index (χ3v) is 2.78. The molecule has 0 bridgehead atoms. The van der Waals surface area contributed by atoms with Gasteiger partial charge in [0.25, 0.3) is 0 Å². The Morgan fingerprint density at radius 3 is 3.00 bits per heavy atom. The molecule has 15 heavy (non-hydrogen) atoms. The van der Waals surface area contributed by atoms with Gasteiger partial charge in [-0.25, -0.2) is 0 Å². The largest absolute Gasteiger partial charge is 0.495 e. The zero-order chi connectivity index (χ0) is 10.8. The van der Waals surface area contributed by atoms with Crippen molar-refractivity contribution in [2.24, 2.45) is 0 Å². The highest BCUT2D eigenvalue weighted by Crippen LogP contribution is 2.31. The molecule has 0 atom stereocenters. The molecule has 3 N–H and O–H groups in total. The molecular weight excluding hydrogens is 190 g/mol. The van der Waals surface area contributed by atoms with E-state index in [0.29, 0.717) is 5.69 Å². The molecule has 1 heterocycles. The van der Waals surface area contributed by atoms with Gasteiger partial charge in [-0.05, 0) is 17.7 Å². The van der Waals surface area contributed by atoms with E-state index >= 15 is 0 Å². The minimum Gasteiger partial charge on any atom is -0.495 e. The quantitative estimate of drug-likeness (QED) is 0.669. The van der Waals surface area contributed by atoms with Crippen LogP contribution in [0.25, 0.3) is 0 Å². The highest BCUT2D eigenvalue weighted by atomic mass is 16.5. The van der Waals surface area contributed by atoms with Crippen LogP contribution in [0, 0.1) is 0 Å². The number of likely N-dealkylation sites (N-methyl/N-ethyl adjacent to an activating group) is 1. The van der Waals surface area contributed by atoms with Crippen LogP contribution in [0.4, 0.5) is 11.4 Å². The van der Waals surface area contributed by atoms with Crippen LogP contribution in [0.3, 0.4) is 0 Å². The van der Waals surface area contributed by atoms with Gasteiger partial charge in [0.05, 0.1) is 12.8 Å². The fourth-order valence-corrected chi connectivity index (χ4v) is 1.89. The lowest BCUT2D eigenvalue weighted by molar-refractivity contribution is 0.416. The van der Waals surface area contributed by atoms with Gasteiger partial charge in [0.2, 0.25) is 0 Å². The molecular formula is C11H17N3O. The molecule has 0 saturated carbocycles. The highest BCUT2D eigenvalue weighted by molar-refractivity contribution is 5.67. The van der Waals surface area contributed by atoms with E-state index < -0.39 is 0 Å². The number of nitrogen functional groups attached to an aromatic ring is 1. The smallest absolute Gasteiger partial charge is 0.142 e. The van der Waals surface area contributed by atoms with Crippen LogP contribution in [0.15, 0.2) is 12.1 Å². The lowest BCUT2D eigenvalue weighted by atomic mass is 10.1. The van der Waals surface area contributed by atoms with Crippen molar-refractivity contribution in [3.05, 3.63) is 17.7 Å². The summed E-state index contributed by atoms with van der Waals surface area (Å²) in [4.78, 5) is 2.21. The standard InChI is InChI=1S/C11H17N3O/c1-14-4-3-13-7-8-5-11(15-2)9(12)6-10(8)14/h5-6,13H,3-4,7,12H2,1-2H3. The first-order valence-corrected chi connectivity index (χ1v) is 5.10. The van der Waals surface area contributed by atoms with Crippen molar-refractivity contribution in [2.75, 3.05) is 37.9 Å². The molecule has 4 heteroatoms. The average Bonchev–Trinajstić information content (AvgIpc) is 2.40. The monoisotopic (exact) mass is 207 g/mol. The van der Waals surface area contributed by atoms with Gasteiger partial charge in [-0.15, -0.1) is 0 Å². The molecule has 0 amide bonds. The number of anilines is 2. The maximum Gasteiger partial charge on any atom is 0.142 e. The number of rotatable bonds is 1. The third-order valence-electron chi connectivity index (χ3n) is 2.78. The van der Waals surface area contributed by atoms with Gasteiger partial charge in [0, 0.05) is 32.4 Å². The zero-order valence-corrected chi connectivity index (χ0v) is 9.21. The Balaban J connectivity index is 2.46. The number of hydrogen-bond donors (Lipinski definition) is 2. The van der Waals surface area contributed by atoms with Crippen molar-refractivity contribution in [1.29, 1.82) is 0 Å². The van der Waals surface area contributed by atoms with Gasteiger partial charge in [-0.3, -0.25) is 0 Å². The first-order chi connectivity index (χ1) is 7.22. The summed E-state index contributed by atoms with van der Waals surface area (Å²) in [5.41, 5.74) is 9.03. The van der Waals surface area contributed by atoms with E-state index in [1.165, 1.54) is 11.3 Å². The van der Waals surface area contributed by atoms with E-state index in [0.717, 1.165) is 25.4 Å². The molecule has 0 aromatic heterocycles. The van der Waals surface area contributed by atoms with Gasteiger partial charge in [-0.1, -0.05) is 0 Å². The molecule has 82 valence electrons. The Morgan fingerprint density at radius 2 is 2.27 bits per heavy atom. The van der Waals surface area contributed by atoms with Crippen molar-refractivity contribution in [3.63, 3.8) is 0 Å². The van der Waals surface area contributed by atoms with Crippen LogP contribution in [-0.4, -0.2) is 27.2 Å². The molecule has 0 fully saturated rings. The zero-order valence-electron chi connectivity index (χ0n) is 9.21. The highest BCUT2D eigenvalue weighted by Gasteiger charge is 2.14. The van der Waals surface area contributed by atoms with Crippen molar-refractivity contribution in [1.82, 2.24) is 5.32 Å². The van der Waals surface area contributed by atoms with E-state index in [-0.39, 0.29) is 0 Å². The number of nitrogens with two attached hydrogens (primary N) is 1. The van der Waals surface area contributed by atoms with Crippen LogP contribution in [-0.2, 0) is 6.54 Å². The van der Waals surface area contributed by atoms with Gasteiger partial charge in [0.15, 0.2) is 0 Å². The van der Waals surface area contributed by atoms with Gasteiger partial charge >= 0.3 is 0 Å². The van der Waals surface area contributed by atoms with Crippen molar-refractivity contribution in [3.8, 4) is 5.75 Å². The summed E-state index contributed by atoms with van der Waals surface area (Å²) >= 11 is 0. The van der Waals surface area contributed by atoms with Crippen LogP contribution >= 0.6 is 0 Å². The maximum absolute atomic E-state index is 5.90. The van der Waals surface area contributed by atoms with E-state index in [9.17, 15) is 0 Å². The molecule has 0 aliphatic carbocycles. The molecule has 4 nitrogen and oxygen atoms in total. The van der Waals surface area contributed by atoms with E-state index in [4.69, 9.17) is 10.5 Å². The number of fused-ring (bicyclic) bond motifs is 1. The number of ether oxygens (including phenoxy) is 1. The SMILES string of the molecule is COc1cc2c(cc1N)N(C)CCNC2. The molecule has 1 aliphatic heterocycles. The van der Waals surface area contributed by atoms with E-state index in [1.54, 1.807) is 7.11 Å². The number of hydrogen-bond acceptors (Lipinski definition) is 4. The second kappa shape index (κ2) is 3.98. The molecule has 1 aromatic rings. The first-order valence-electron chi connectivity index (χ1n) is 5.10. The Kier molecular flexibility index (Phi) is 2.68. The topological polar surface area (TPSA) is 50.5 Å². The summed E-state index contributed by atoms with van der Waals surface area (Å²) in [6.45, 7) is 2.86. The van der Waals surface area contributed by atoms with Crippen molar-refractivity contribution < 1.29 is 4.74 Å². The Hall–Kier alpha value is -1.42. The lowest BCUT2D eigenvalue weighted by Crippen LogP contribution is -2.24. The molecule has 2 rings (SSSR count). The normalized spacial score (nSPS) is 15.7. The molecule has 0 radical (unpaired) electrons. The van der Waals surface area contributed by atoms with Crippen LogP contribution in [0.2, 0.25) is 0 Å². The van der Waals surface area contributed by atoms with Crippen LogP contribution < -0.4 is 20.7 Å². The van der Waals surface area contributed by atoms with Crippen molar-refractivity contribution >= 4 is 11.4 Å². The van der Waals surface area contributed by atoms with Crippen LogP contribution in [0.5, 0.6) is 5.75 Å². The molecule has 1 aromatic carbocycles. The summed E-state index contributed by atoms with van der Waals surface area (Å²) in [5, 5.41) is 3.37. The van der Waals surface area contributed by atoms with Crippen LogP contribution in [0.1, 0.15) is 5.56 Å². The Morgan fingerprint density at radius 1 is 1.47 bits per heavy atom. The predicted molar refractivity (Wildman–Crippen MR) is 62.4 cm³/mol. The number of nitrogens with zero attached hydrogens (tertiary/aromatic N) is 1. The lowest BCUT2D eigenvalue weighted by Gasteiger charge is -2.20. The molecule has 1 aliphatic rings. The van der Waals surface area contributed by atoms with Gasteiger partial charge < -0.3 is 20.7 Å². The second-order valence-electron chi connectivity index (χ2n) is 3.82. The average molecular weight is 207 g/mol. The fraction of sp³-hybridized carbons (Fsp3) is 0.455. The minimum absolute atomic E-state index is 0.699. The van der Waals surface area contributed by atoms with Gasteiger partial charge in [0.1, 0.15) is 5.75 Å². The third kappa shape index (κ3) is 1.85. The van der Waals surface area contributed by atoms with Crippen molar-refractivity contribution in [2.45, 2.75) is 6.54 Å². The summed E-state index contributed by atoms with van der Waals surface area (Å²) in [7, 11) is 3.73. The summed E-state index contributed by atoms with van der Waals surface area (Å²) in [6.07, 6.45) is 0. The number of methoxy groups -OCH3 is 1. The predicted octanol–water partition coefficient (Wildman–Crippen LogP) is 0.817. The summed E-state index contributed by atoms with van der Waals surface area (Å²) in [6, 6.07) is 4.00. The summed E-state index contributed by atoms with van der Waals surface area (Å²) in [5.74, 6) is 0.755. The molecule has 0 unspecified atom stereocenters. The maximum atomic E-state index is 5.90. The van der Waals surface area contributed by atoms with E-state index in [2.05, 4.69) is 17.3 Å². The first kappa shape index (κ1) is 10.1. The van der Waals surface area contributed by atoms with E-state index in [1.807, 2.05) is 12.1 Å². The second-order valence-corrected chi connectivity index (χ2v) is 3.82. The number of benzene rings is 1. The Labute approximate surface area is 90.0 Å². The summed E-state index contributed by atoms with van der Waals surface area (Å²) < 4.78 is 5.22.